The fraction of sp³-hybridized carbons (Fsp3) is 0.392. The number of nitrogens with one attached hydrogen (secondary N) is 1. The number of allylic oxidation sites excluding steroid dienone is 2. The van der Waals surface area contributed by atoms with Crippen molar-refractivity contribution in [3.05, 3.63) is 109 Å². The number of azo groups is 1. The molecule has 0 aliphatic heterocycles. The van der Waals surface area contributed by atoms with Crippen LogP contribution in [-0.2, 0) is 5.41 Å². The van der Waals surface area contributed by atoms with E-state index in [1.54, 1.807) is 49.2 Å². The Hall–Kier alpha value is -6.21. The Kier molecular flexibility index (Phi) is 14.4. The van der Waals surface area contributed by atoms with Crippen LogP contribution < -0.4 is 19.7 Å². The molecule has 2 unspecified atom stereocenters. The van der Waals surface area contributed by atoms with Crippen LogP contribution in [0.4, 0.5) is 28.1 Å². The maximum atomic E-state index is 14.3. The molecule has 1 aliphatic rings. The molecule has 3 aromatic heterocycles. The number of thiazole rings is 1. The summed E-state index contributed by atoms with van der Waals surface area (Å²) in [6.07, 6.45) is 21.1. The van der Waals surface area contributed by atoms with Crippen LogP contribution in [0.5, 0.6) is 17.2 Å². The molecule has 3 aromatic carbocycles. The maximum Gasteiger partial charge on any atom is 0.268 e. The number of pyridine rings is 1. The molecule has 64 heavy (non-hydrogen) atoms. The molecular formula is C51H60N8O4S. The number of unbranched alkanes of at least 4 members (excludes halogenated alkanes) is 5. The third-order valence-corrected chi connectivity index (χ3v) is 12.5. The van der Waals surface area contributed by atoms with Crippen LogP contribution in [0.1, 0.15) is 109 Å². The van der Waals surface area contributed by atoms with Gasteiger partial charge in [0, 0.05) is 17.6 Å². The summed E-state index contributed by atoms with van der Waals surface area (Å²) in [5.41, 5.74) is 3.59. The molecule has 1 aliphatic carbocycles. The molecule has 0 spiro atoms. The van der Waals surface area contributed by atoms with Crippen molar-refractivity contribution in [2.24, 2.45) is 21.6 Å². The summed E-state index contributed by atoms with van der Waals surface area (Å²) in [5, 5.41) is 24.9. The highest BCUT2D eigenvalue weighted by Gasteiger charge is 2.30. The minimum absolute atomic E-state index is 0.00884. The number of methoxy groups -OCH3 is 1. The molecule has 0 radical (unpaired) electrons. The molecule has 1 amide bonds. The molecule has 7 rings (SSSR count). The largest absolute Gasteiger partial charge is 0.505 e. The van der Waals surface area contributed by atoms with Gasteiger partial charge >= 0.3 is 0 Å². The summed E-state index contributed by atoms with van der Waals surface area (Å²) in [7, 11) is 1.65. The third kappa shape index (κ3) is 10.9. The lowest BCUT2D eigenvalue weighted by Crippen LogP contribution is -2.35. The van der Waals surface area contributed by atoms with Crippen LogP contribution in [0.25, 0.3) is 21.1 Å². The van der Waals surface area contributed by atoms with Gasteiger partial charge in [-0.1, -0.05) is 122 Å². The number of anilines is 3. The van der Waals surface area contributed by atoms with Gasteiger partial charge in [0.25, 0.3) is 11.9 Å². The number of benzene rings is 3. The highest BCUT2D eigenvalue weighted by atomic mass is 32.1. The molecule has 2 N–H and O–H groups in total. The standard InChI is InChI=1S/C51H60N8O4S/c1-9-10-11-12-13-16-26-63-43-23-21-34(51(6,7)32-50(3,4)5)27-40(43)55-47(61)38-29-39(37-19-17-25-52-45(37)46(38)60)57-58-48-53-30-35(31-54-48)59(42-20-15-14-18-33(42)2)49-56-41-28-36(62-8)22-24-44(41)64-49/h14-15,17-25,27-31,33,42,60H,9-13,16,26,32H2,1-8H3,(H,55,61). The molecule has 6 aromatic rings. The van der Waals surface area contributed by atoms with Gasteiger partial charge in [-0.25, -0.2) is 15.0 Å². The number of hydrogen-bond acceptors (Lipinski definition) is 12. The van der Waals surface area contributed by atoms with E-state index in [1.165, 1.54) is 31.7 Å². The number of fused-ring (bicyclic) bond motifs is 2. The Bertz CT molecular complexity index is 2670. The SMILES string of the molecule is CCCCCCCCOc1ccc(C(C)(C)CC(C)(C)C)cc1NC(=O)c1cc(N=Nc2ncc(N(c3nc4cc(OC)ccc4s3)C3C=CC=CC3C)cn2)c2cccnc2c1O. The van der Waals surface area contributed by atoms with Crippen LogP contribution in [-0.4, -0.2) is 50.7 Å². The van der Waals surface area contributed by atoms with E-state index in [4.69, 9.17) is 14.5 Å². The summed E-state index contributed by atoms with van der Waals surface area (Å²) >= 11 is 1.58. The van der Waals surface area contributed by atoms with Gasteiger partial charge in [-0.15, -0.1) is 10.2 Å². The zero-order valence-corrected chi connectivity index (χ0v) is 39.1. The van der Waals surface area contributed by atoms with E-state index < -0.39 is 5.91 Å². The summed E-state index contributed by atoms with van der Waals surface area (Å²) in [6, 6.07) is 16.9. The molecule has 12 nitrogen and oxygen atoms in total. The van der Waals surface area contributed by atoms with Crippen molar-refractivity contribution >= 4 is 66.5 Å². The Balaban J connectivity index is 1.17. The summed E-state index contributed by atoms with van der Waals surface area (Å²) in [5.74, 6) is 0.812. The minimum Gasteiger partial charge on any atom is -0.505 e. The second kappa shape index (κ2) is 20.1. The number of nitrogens with zero attached hydrogens (tertiary/aromatic N) is 7. The van der Waals surface area contributed by atoms with Crippen molar-refractivity contribution in [1.29, 1.82) is 0 Å². The smallest absolute Gasteiger partial charge is 0.268 e. The normalized spacial score (nSPS) is 15.3. The van der Waals surface area contributed by atoms with Gasteiger partial charge in [0.05, 0.1) is 65.0 Å². The number of aromatic hydroxyl groups is 1. The van der Waals surface area contributed by atoms with Crippen molar-refractivity contribution in [3.8, 4) is 17.2 Å². The minimum atomic E-state index is -0.536. The Morgan fingerprint density at radius 1 is 0.922 bits per heavy atom. The first-order valence-corrected chi connectivity index (χ1v) is 23.1. The van der Waals surface area contributed by atoms with Crippen molar-refractivity contribution in [1.82, 2.24) is 19.9 Å². The Morgan fingerprint density at radius 3 is 2.44 bits per heavy atom. The second-order valence-electron chi connectivity index (χ2n) is 18.4. The molecule has 3 heterocycles. The fourth-order valence-corrected chi connectivity index (χ4v) is 9.49. The lowest BCUT2D eigenvalue weighted by Gasteiger charge is -2.33. The van der Waals surface area contributed by atoms with Gasteiger partial charge in [-0.3, -0.25) is 9.78 Å². The van der Waals surface area contributed by atoms with Crippen LogP contribution in [0.3, 0.4) is 0 Å². The van der Waals surface area contributed by atoms with E-state index >= 15 is 0 Å². The van der Waals surface area contributed by atoms with Gasteiger partial charge in [0.1, 0.15) is 17.0 Å². The van der Waals surface area contributed by atoms with Gasteiger partial charge in [-0.05, 0) is 77.6 Å². The summed E-state index contributed by atoms with van der Waals surface area (Å²) in [6.45, 7) is 16.0. The van der Waals surface area contributed by atoms with E-state index in [9.17, 15) is 9.90 Å². The van der Waals surface area contributed by atoms with E-state index in [-0.39, 0.29) is 45.6 Å². The van der Waals surface area contributed by atoms with E-state index in [2.05, 4.69) is 108 Å². The number of carbonyl (C=O) groups is 1. The van der Waals surface area contributed by atoms with E-state index in [0.29, 0.717) is 29.1 Å². The first kappa shape index (κ1) is 45.8. The van der Waals surface area contributed by atoms with Crippen LogP contribution >= 0.6 is 11.3 Å². The number of phenolic OH excluding ortho intramolecular Hbond substituents is 1. The van der Waals surface area contributed by atoms with Gasteiger partial charge in [0.2, 0.25) is 0 Å². The number of ether oxygens (including phenoxy) is 2. The average Bonchev–Trinajstić information content (AvgIpc) is 3.69. The lowest BCUT2D eigenvalue weighted by atomic mass is 9.72. The number of amides is 1. The fourth-order valence-electron chi connectivity index (χ4n) is 8.48. The number of hydrogen-bond donors (Lipinski definition) is 2. The number of rotatable bonds is 18. The average molecular weight is 881 g/mol. The highest BCUT2D eigenvalue weighted by molar-refractivity contribution is 7.22. The summed E-state index contributed by atoms with van der Waals surface area (Å²) in [4.78, 5) is 35.1. The highest BCUT2D eigenvalue weighted by Crippen LogP contribution is 2.42. The van der Waals surface area contributed by atoms with Crippen molar-refractivity contribution in [3.63, 3.8) is 0 Å². The van der Waals surface area contributed by atoms with Crippen molar-refractivity contribution < 1.29 is 19.4 Å². The molecule has 13 heteroatoms. The third-order valence-electron chi connectivity index (χ3n) is 11.4. The van der Waals surface area contributed by atoms with Gasteiger partial charge in [0.15, 0.2) is 10.9 Å². The molecule has 0 saturated heterocycles. The van der Waals surface area contributed by atoms with Crippen LogP contribution in [0.15, 0.2) is 108 Å². The monoisotopic (exact) mass is 880 g/mol. The predicted molar refractivity (Wildman–Crippen MR) is 260 cm³/mol. The second-order valence-corrected chi connectivity index (χ2v) is 19.4. The summed E-state index contributed by atoms with van der Waals surface area (Å²) < 4.78 is 12.8. The quantitative estimate of drug-likeness (QED) is 0.0636. The first-order valence-electron chi connectivity index (χ1n) is 22.3. The van der Waals surface area contributed by atoms with Crippen LogP contribution in [0, 0.1) is 11.3 Å². The Labute approximate surface area is 380 Å². The number of carbonyl (C=O) groups excluding carboxylic acids is 1. The zero-order valence-electron chi connectivity index (χ0n) is 38.3. The molecule has 2 atom stereocenters. The van der Waals surface area contributed by atoms with Gasteiger partial charge < -0.3 is 24.8 Å². The lowest BCUT2D eigenvalue weighted by molar-refractivity contribution is 0.102. The van der Waals surface area contributed by atoms with E-state index in [0.717, 1.165) is 51.6 Å². The predicted octanol–water partition coefficient (Wildman–Crippen LogP) is 13.7. The molecular weight excluding hydrogens is 821 g/mol. The van der Waals surface area contributed by atoms with E-state index in [1.807, 2.05) is 36.4 Å². The molecule has 0 bridgehead atoms. The van der Waals surface area contributed by atoms with Crippen molar-refractivity contribution in [2.75, 3.05) is 23.9 Å². The first-order chi connectivity index (χ1) is 30.7. The number of aromatic nitrogens is 4. The topological polar surface area (TPSA) is 147 Å². The van der Waals surface area contributed by atoms with Gasteiger partial charge in [-0.2, -0.15) is 0 Å². The molecule has 0 fully saturated rings. The maximum absolute atomic E-state index is 14.3. The van der Waals surface area contributed by atoms with Crippen molar-refractivity contribution in [2.45, 2.75) is 105 Å². The molecule has 334 valence electrons. The number of phenols is 1. The van der Waals surface area contributed by atoms with Crippen LogP contribution in [0.2, 0.25) is 0 Å². The Morgan fingerprint density at radius 2 is 1.69 bits per heavy atom. The molecule has 0 saturated carbocycles. The zero-order chi connectivity index (χ0) is 45.4.